The van der Waals surface area contributed by atoms with Crippen LogP contribution in [-0.2, 0) is 10.0 Å². The lowest BCUT2D eigenvalue weighted by molar-refractivity contribution is -0.385. The van der Waals surface area contributed by atoms with E-state index in [4.69, 9.17) is 4.74 Å². The van der Waals surface area contributed by atoms with Gasteiger partial charge in [0.2, 0.25) is 10.0 Å². The van der Waals surface area contributed by atoms with E-state index in [0.29, 0.717) is 11.3 Å². The summed E-state index contributed by atoms with van der Waals surface area (Å²) in [5.74, 6) is 0.231. The molecule has 0 radical (unpaired) electrons. The number of anilines is 1. The number of ether oxygens (including phenoxy) is 1. The third kappa shape index (κ3) is 5.00. The van der Waals surface area contributed by atoms with Crippen molar-refractivity contribution in [3.63, 3.8) is 0 Å². The van der Waals surface area contributed by atoms with Crippen molar-refractivity contribution in [2.45, 2.75) is 18.7 Å². The van der Waals surface area contributed by atoms with Crippen molar-refractivity contribution >= 4 is 27.6 Å². The lowest BCUT2D eigenvalue weighted by atomic mass is 10.2. The van der Waals surface area contributed by atoms with Gasteiger partial charge in [0.05, 0.1) is 23.9 Å². The van der Waals surface area contributed by atoms with Crippen molar-refractivity contribution in [2.24, 2.45) is 5.10 Å². The predicted octanol–water partition coefficient (Wildman–Crippen LogP) is 2.79. The molecule has 0 aliphatic carbocycles. The molecule has 0 aromatic heterocycles. The monoisotopic (exact) mass is 422 g/mol. The molecule has 0 amide bonds. The molecule has 0 heterocycles. The van der Waals surface area contributed by atoms with Gasteiger partial charge in [-0.3, -0.25) is 15.5 Å². The number of phenols is 1. The Morgan fingerprint density at radius 3 is 2.48 bits per heavy atom. The summed E-state index contributed by atoms with van der Waals surface area (Å²) < 4.78 is 32.0. The molecule has 2 aromatic carbocycles. The normalized spacial score (nSPS) is 11.7. The number of methoxy groups -OCH3 is 1. The number of hydrogen-bond donors (Lipinski definition) is 2. The van der Waals surface area contributed by atoms with Crippen molar-refractivity contribution in [3.05, 3.63) is 52.1 Å². The fraction of sp³-hybridized carbons (Fsp3) is 0.278. The second kappa shape index (κ2) is 9.34. The molecule has 0 aliphatic rings. The molecule has 0 fully saturated rings. The Morgan fingerprint density at radius 2 is 1.93 bits per heavy atom. The Morgan fingerprint density at radius 1 is 1.24 bits per heavy atom. The number of nitro groups is 1. The standard InChI is InChI=1S/C18H22N4O6S/c1-4-21(5-2)29(26,27)18-11-14(22(24)25)7-8-15(18)20-19-12-13-6-9-17(28-3)16(23)10-13/h6-12,20,23H,4-5H2,1-3H3/b19-12-. The van der Waals surface area contributed by atoms with Crippen LogP contribution in [0.2, 0.25) is 0 Å². The van der Waals surface area contributed by atoms with Gasteiger partial charge in [-0.15, -0.1) is 0 Å². The number of hydrazone groups is 1. The fourth-order valence-corrected chi connectivity index (χ4v) is 4.22. The second-order valence-electron chi connectivity index (χ2n) is 5.83. The minimum Gasteiger partial charge on any atom is -0.504 e. The highest BCUT2D eigenvalue weighted by Crippen LogP contribution is 2.29. The van der Waals surface area contributed by atoms with Gasteiger partial charge in [-0.25, -0.2) is 8.42 Å². The summed E-state index contributed by atoms with van der Waals surface area (Å²) in [6.07, 6.45) is 1.37. The Kier molecular flexibility index (Phi) is 7.13. The van der Waals surface area contributed by atoms with Crippen molar-refractivity contribution < 1.29 is 23.2 Å². The van der Waals surface area contributed by atoms with Crippen LogP contribution in [0, 0.1) is 10.1 Å². The molecule has 0 unspecified atom stereocenters. The minimum absolute atomic E-state index is 0.0726. The number of benzene rings is 2. The zero-order valence-corrected chi connectivity index (χ0v) is 17.0. The molecular weight excluding hydrogens is 400 g/mol. The van der Waals surface area contributed by atoms with Gasteiger partial charge in [0.1, 0.15) is 4.90 Å². The van der Waals surface area contributed by atoms with Gasteiger partial charge in [0.25, 0.3) is 5.69 Å². The van der Waals surface area contributed by atoms with E-state index in [9.17, 15) is 23.6 Å². The summed E-state index contributed by atoms with van der Waals surface area (Å²) in [5, 5.41) is 24.9. The topological polar surface area (TPSA) is 134 Å². The third-order valence-corrected chi connectivity index (χ3v) is 6.19. The summed E-state index contributed by atoms with van der Waals surface area (Å²) in [4.78, 5) is 10.2. The maximum Gasteiger partial charge on any atom is 0.270 e. The van der Waals surface area contributed by atoms with Crippen LogP contribution in [0.3, 0.4) is 0 Å². The molecule has 0 spiro atoms. The maximum absolute atomic E-state index is 12.9. The van der Waals surface area contributed by atoms with Gasteiger partial charge in [-0.05, 0) is 29.8 Å². The minimum atomic E-state index is -3.96. The molecule has 0 aliphatic heterocycles. The number of nitro benzene ring substituents is 1. The van der Waals surface area contributed by atoms with E-state index < -0.39 is 14.9 Å². The van der Waals surface area contributed by atoms with Crippen LogP contribution in [0.4, 0.5) is 11.4 Å². The molecule has 0 bridgehead atoms. The highest BCUT2D eigenvalue weighted by molar-refractivity contribution is 7.89. The van der Waals surface area contributed by atoms with E-state index in [-0.39, 0.29) is 35.1 Å². The van der Waals surface area contributed by atoms with Crippen molar-refractivity contribution in [3.8, 4) is 11.5 Å². The molecule has 2 N–H and O–H groups in total. The number of nitrogens with zero attached hydrogens (tertiary/aromatic N) is 3. The van der Waals surface area contributed by atoms with Crippen LogP contribution >= 0.6 is 0 Å². The van der Waals surface area contributed by atoms with Crippen molar-refractivity contribution in [1.82, 2.24) is 4.31 Å². The van der Waals surface area contributed by atoms with Crippen LogP contribution in [0.1, 0.15) is 19.4 Å². The molecule has 29 heavy (non-hydrogen) atoms. The molecule has 10 nitrogen and oxygen atoms in total. The molecular formula is C18H22N4O6S. The smallest absolute Gasteiger partial charge is 0.270 e. The largest absolute Gasteiger partial charge is 0.504 e. The van der Waals surface area contributed by atoms with E-state index >= 15 is 0 Å². The van der Waals surface area contributed by atoms with E-state index in [0.717, 1.165) is 6.07 Å². The SMILES string of the molecule is CCN(CC)S(=O)(=O)c1cc([N+](=O)[O-])ccc1N/N=C\c1ccc(OC)c(O)c1. The zero-order valence-electron chi connectivity index (χ0n) is 16.2. The number of hydrogen-bond acceptors (Lipinski definition) is 8. The van der Waals surface area contributed by atoms with Crippen molar-refractivity contribution in [2.75, 3.05) is 25.6 Å². The summed E-state index contributed by atoms with van der Waals surface area (Å²) in [7, 11) is -2.54. The van der Waals surface area contributed by atoms with Crippen LogP contribution in [-0.4, -0.2) is 49.2 Å². The number of non-ortho nitro benzene ring substituents is 1. The van der Waals surface area contributed by atoms with Gasteiger partial charge in [-0.1, -0.05) is 13.8 Å². The Hall–Kier alpha value is -3.18. The molecule has 2 aromatic rings. The average Bonchev–Trinajstić information content (AvgIpc) is 2.68. The lowest BCUT2D eigenvalue weighted by Crippen LogP contribution is -2.31. The van der Waals surface area contributed by atoms with Gasteiger partial charge in [0, 0.05) is 25.2 Å². The molecule has 2 rings (SSSR count). The summed E-state index contributed by atoms with van der Waals surface area (Å²) >= 11 is 0. The highest BCUT2D eigenvalue weighted by atomic mass is 32.2. The molecule has 0 saturated heterocycles. The maximum atomic E-state index is 12.9. The predicted molar refractivity (Wildman–Crippen MR) is 109 cm³/mol. The van der Waals surface area contributed by atoms with Crippen LogP contribution < -0.4 is 10.2 Å². The van der Waals surface area contributed by atoms with E-state index in [1.165, 1.54) is 35.8 Å². The quantitative estimate of drug-likeness (QED) is 0.360. The van der Waals surface area contributed by atoms with Crippen LogP contribution in [0.25, 0.3) is 0 Å². The fourth-order valence-electron chi connectivity index (χ4n) is 2.60. The third-order valence-electron chi connectivity index (χ3n) is 4.10. The number of sulfonamides is 1. The van der Waals surface area contributed by atoms with Crippen molar-refractivity contribution in [1.29, 1.82) is 0 Å². The molecule has 11 heteroatoms. The molecule has 156 valence electrons. The Labute approximate surface area is 168 Å². The first-order valence-corrected chi connectivity index (χ1v) is 10.1. The summed E-state index contributed by atoms with van der Waals surface area (Å²) in [6.45, 7) is 3.80. The first-order valence-electron chi connectivity index (χ1n) is 8.69. The van der Waals surface area contributed by atoms with Gasteiger partial charge < -0.3 is 9.84 Å². The number of aromatic hydroxyl groups is 1. The zero-order chi connectivity index (χ0) is 21.6. The van der Waals surface area contributed by atoms with E-state index in [2.05, 4.69) is 10.5 Å². The first-order chi connectivity index (χ1) is 13.7. The number of phenolic OH excluding ortho intramolecular Hbond substituents is 1. The van der Waals surface area contributed by atoms with Crippen LogP contribution in [0.5, 0.6) is 11.5 Å². The Bertz CT molecular complexity index is 1020. The average molecular weight is 422 g/mol. The second-order valence-corrected chi connectivity index (χ2v) is 7.73. The van der Waals surface area contributed by atoms with Gasteiger partial charge in [-0.2, -0.15) is 9.41 Å². The molecule has 0 atom stereocenters. The summed E-state index contributed by atoms with van der Waals surface area (Å²) in [6, 6.07) is 8.11. The first kappa shape index (κ1) is 22.1. The van der Waals surface area contributed by atoms with E-state index in [1.807, 2.05) is 0 Å². The summed E-state index contributed by atoms with van der Waals surface area (Å²) in [5.41, 5.74) is 2.90. The number of nitrogens with one attached hydrogen (secondary N) is 1. The van der Waals surface area contributed by atoms with Crippen LogP contribution in [0.15, 0.2) is 46.4 Å². The van der Waals surface area contributed by atoms with E-state index in [1.54, 1.807) is 26.0 Å². The lowest BCUT2D eigenvalue weighted by Gasteiger charge is -2.20. The Balaban J connectivity index is 2.39. The molecule has 0 saturated carbocycles. The highest BCUT2D eigenvalue weighted by Gasteiger charge is 2.27. The number of rotatable bonds is 9. The van der Waals surface area contributed by atoms with Gasteiger partial charge >= 0.3 is 0 Å². The van der Waals surface area contributed by atoms with Gasteiger partial charge in [0.15, 0.2) is 11.5 Å².